The van der Waals surface area contributed by atoms with Crippen molar-refractivity contribution in [1.29, 1.82) is 5.26 Å². The number of thioether (sulfide) groups is 1. The van der Waals surface area contributed by atoms with Crippen LogP contribution in [0.1, 0.15) is 37.3 Å². The first-order valence-electron chi connectivity index (χ1n) is 6.17. The number of carbonyl (C=O) groups excluding carboxylic acids is 1. The Labute approximate surface area is 117 Å². The molecule has 1 aromatic rings. The summed E-state index contributed by atoms with van der Waals surface area (Å²) in [7, 11) is 0. The van der Waals surface area contributed by atoms with Crippen molar-refractivity contribution in [3.05, 3.63) is 23.3 Å². The van der Waals surface area contributed by atoms with Crippen molar-refractivity contribution in [2.45, 2.75) is 44.4 Å². The zero-order valence-corrected chi connectivity index (χ0v) is 11.9. The van der Waals surface area contributed by atoms with E-state index in [4.69, 9.17) is 10.00 Å². The second kappa shape index (κ2) is 7.70. The van der Waals surface area contributed by atoms with Crippen LogP contribution in [0.25, 0.3) is 0 Å². The third-order valence-corrected chi connectivity index (χ3v) is 3.46. The second-order valence-electron chi connectivity index (χ2n) is 4.19. The molecule has 0 aliphatic heterocycles. The Bertz CT molecular complexity index is 494. The number of benzene rings is 1. The van der Waals surface area contributed by atoms with E-state index >= 15 is 0 Å². The maximum Gasteiger partial charge on any atom is 0.257 e. The molecule has 102 valence electrons. The molecule has 1 rings (SSSR count). The van der Waals surface area contributed by atoms with Gasteiger partial charge in [0.25, 0.3) is 6.16 Å². The standard InChI is InChI=1S/C14H17NO3S/c1-3-4-5-6-11-10(2)7-8-12(19-9-15)13(11)18-14(16)17/h7-8H,3-6H2,1-2H3,(H,16,17)/p-1. The van der Waals surface area contributed by atoms with E-state index < -0.39 is 6.16 Å². The summed E-state index contributed by atoms with van der Waals surface area (Å²) in [6.07, 6.45) is 2.26. The second-order valence-corrected chi connectivity index (χ2v) is 5.02. The maximum atomic E-state index is 10.7. The fourth-order valence-electron chi connectivity index (χ4n) is 1.89. The predicted octanol–water partition coefficient (Wildman–Crippen LogP) is 3.02. The highest BCUT2D eigenvalue weighted by Gasteiger charge is 2.11. The van der Waals surface area contributed by atoms with Crippen LogP contribution in [-0.2, 0) is 6.42 Å². The van der Waals surface area contributed by atoms with E-state index in [1.165, 1.54) is 0 Å². The fraction of sp³-hybridized carbons (Fsp3) is 0.429. The van der Waals surface area contributed by atoms with E-state index in [-0.39, 0.29) is 5.75 Å². The van der Waals surface area contributed by atoms with Gasteiger partial charge in [0.15, 0.2) is 0 Å². The number of ether oxygens (including phenoxy) is 1. The van der Waals surface area contributed by atoms with Crippen molar-refractivity contribution in [2.24, 2.45) is 0 Å². The number of carbonyl (C=O) groups is 1. The van der Waals surface area contributed by atoms with Gasteiger partial charge in [0.1, 0.15) is 5.40 Å². The summed E-state index contributed by atoms with van der Waals surface area (Å²) in [5.41, 5.74) is 1.81. The Balaban J connectivity index is 3.12. The normalized spacial score (nSPS) is 9.95. The molecule has 0 fully saturated rings. The highest BCUT2D eigenvalue weighted by molar-refractivity contribution is 8.03. The molecule has 1 aromatic carbocycles. The molecule has 0 amide bonds. The number of thiocyanates is 1. The minimum absolute atomic E-state index is 0.252. The first kappa shape index (κ1) is 15.4. The average molecular weight is 278 g/mol. The van der Waals surface area contributed by atoms with E-state index in [0.29, 0.717) is 4.90 Å². The lowest BCUT2D eigenvalue weighted by Gasteiger charge is -2.19. The Hall–Kier alpha value is -1.67. The molecule has 0 N–H and O–H groups in total. The molecule has 0 aliphatic rings. The van der Waals surface area contributed by atoms with Gasteiger partial charge in [-0.15, -0.1) is 0 Å². The van der Waals surface area contributed by atoms with Gasteiger partial charge in [-0.1, -0.05) is 25.8 Å². The smallest absolute Gasteiger partial charge is 0.257 e. The SMILES string of the molecule is CCCCCc1c(C)ccc(SC#N)c1OC(=O)[O-]. The summed E-state index contributed by atoms with van der Waals surface area (Å²) in [6.45, 7) is 4.01. The van der Waals surface area contributed by atoms with Crippen LogP contribution in [0.3, 0.4) is 0 Å². The lowest BCUT2D eigenvalue weighted by atomic mass is 10.0. The van der Waals surface area contributed by atoms with E-state index in [0.717, 1.165) is 48.6 Å². The molecule has 0 saturated heterocycles. The van der Waals surface area contributed by atoms with Crippen LogP contribution in [-0.4, -0.2) is 6.16 Å². The van der Waals surface area contributed by atoms with E-state index in [2.05, 4.69) is 6.92 Å². The zero-order chi connectivity index (χ0) is 14.3. The summed E-state index contributed by atoms with van der Waals surface area (Å²) in [6, 6.07) is 3.58. The predicted molar refractivity (Wildman–Crippen MR) is 71.9 cm³/mol. The minimum Gasteiger partial charge on any atom is -0.513 e. The van der Waals surface area contributed by atoms with Crippen molar-refractivity contribution in [1.82, 2.24) is 0 Å². The highest BCUT2D eigenvalue weighted by Crippen LogP contribution is 2.35. The van der Waals surface area contributed by atoms with E-state index in [9.17, 15) is 9.90 Å². The number of hydrogen-bond acceptors (Lipinski definition) is 5. The number of hydrogen-bond donors (Lipinski definition) is 0. The third-order valence-electron chi connectivity index (χ3n) is 2.83. The van der Waals surface area contributed by atoms with Crippen molar-refractivity contribution < 1.29 is 14.6 Å². The number of aryl methyl sites for hydroxylation is 1. The average Bonchev–Trinajstić information content (AvgIpc) is 2.36. The number of nitriles is 1. The van der Waals surface area contributed by atoms with Gasteiger partial charge in [-0.3, -0.25) is 0 Å². The molecule has 0 atom stereocenters. The monoisotopic (exact) mass is 278 g/mol. The van der Waals surface area contributed by atoms with Crippen LogP contribution in [0.15, 0.2) is 17.0 Å². The van der Waals surface area contributed by atoms with Gasteiger partial charge >= 0.3 is 0 Å². The molecule has 0 unspecified atom stereocenters. The van der Waals surface area contributed by atoms with Gasteiger partial charge in [-0.25, -0.2) is 0 Å². The Morgan fingerprint density at radius 2 is 2.21 bits per heavy atom. The van der Waals surface area contributed by atoms with Crippen molar-refractivity contribution in [3.8, 4) is 11.2 Å². The Morgan fingerprint density at radius 1 is 1.47 bits per heavy atom. The number of unbranched alkanes of at least 4 members (excludes halogenated alkanes) is 2. The van der Waals surface area contributed by atoms with Gasteiger partial charge < -0.3 is 14.6 Å². The van der Waals surface area contributed by atoms with Crippen LogP contribution in [0.4, 0.5) is 4.79 Å². The van der Waals surface area contributed by atoms with Crippen LogP contribution in [0, 0.1) is 17.6 Å². The zero-order valence-electron chi connectivity index (χ0n) is 11.1. The summed E-state index contributed by atoms with van der Waals surface area (Å²) < 4.78 is 4.77. The topological polar surface area (TPSA) is 73.1 Å². The molecule has 0 aromatic heterocycles. The highest BCUT2D eigenvalue weighted by atomic mass is 32.2. The molecule has 0 bridgehead atoms. The fourth-order valence-corrected chi connectivity index (χ4v) is 2.38. The van der Waals surface area contributed by atoms with Gasteiger partial charge in [0.2, 0.25) is 0 Å². The minimum atomic E-state index is -1.60. The van der Waals surface area contributed by atoms with Crippen molar-refractivity contribution in [2.75, 3.05) is 0 Å². The number of rotatable bonds is 6. The Morgan fingerprint density at radius 3 is 2.79 bits per heavy atom. The van der Waals surface area contributed by atoms with Gasteiger partial charge in [0.05, 0.1) is 5.75 Å². The van der Waals surface area contributed by atoms with Crippen molar-refractivity contribution in [3.63, 3.8) is 0 Å². The molecule has 0 saturated carbocycles. The van der Waals surface area contributed by atoms with Gasteiger partial charge in [-0.05, 0) is 48.7 Å². The molecule has 19 heavy (non-hydrogen) atoms. The van der Waals surface area contributed by atoms with Crippen LogP contribution in [0.5, 0.6) is 5.75 Å². The van der Waals surface area contributed by atoms with E-state index in [1.807, 2.05) is 18.4 Å². The quantitative estimate of drug-likeness (QED) is 0.263. The summed E-state index contributed by atoms with van der Waals surface area (Å²) in [5, 5.41) is 21.4. The summed E-state index contributed by atoms with van der Waals surface area (Å²) in [5.74, 6) is 0.252. The Kier molecular flexibility index (Phi) is 6.23. The van der Waals surface area contributed by atoms with Gasteiger partial charge in [-0.2, -0.15) is 5.26 Å². The number of carboxylic acid groups (broad SMARTS) is 1. The van der Waals surface area contributed by atoms with Crippen molar-refractivity contribution >= 4 is 17.9 Å². The first-order chi connectivity index (χ1) is 9.10. The molecule has 0 radical (unpaired) electrons. The number of nitrogens with zero attached hydrogens (tertiary/aromatic N) is 1. The summed E-state index contributed by atoms with van der Waals surface area (Å²) >= 11 is 0.895. The van der Waals surface area contributed by atoms with Gasteiger partial charge in [0, 0.05) is 4.90 Å². The molecule has 0 heterocycles. The van der Waals surface area contributed by atoms with Crippen LogP contribution < -0.4 is 9.84 Å². The molecular formula is C14H16NO3S-. The molecule has 0 spiro atoms. The lowest BCUT2D eigenvalue weighted by Crippen LogP contribution is -2.27. The third kappa shape index (κ3) is 4.49. The first-order valence-corrected chi connectivity index (χ1v) is 6.99. The van der Waals surface area contributed by atoms with Crippen LogP contribution in [0.2, 0.25) is 0 Å². The van der Waals surface area contributed by atoms with E-state index in [1.54, 1.807) is 6.07 Å². The lowest BCUT2D eigenvalue weighted by molar-refractivity contribution is -0.271. The van der Waals surface area contributed by atoms with Crippen LogP contribution >= 0.6 is 11.8 Å². The molecule has 0 aliphatic carbocycles. The molecule has 5 heteroatoms. The summed E-state index contributed by atoms with van der Waals surface area (Å²) in [4.78, 5) is 11.2. The molecule has 4 nitrogen and oxygen atoms in total. The largest absolute Gasteiger partial charge is 0.513 e. The maximum absolute atomic E-state index is 10.7. The molecular weight excluding hydrogens is 262 g/mol.